The summed E-state index contributed by atoms with van der Waals surface area (Å²) in [5.74, 6) is 3.30. The molecule has 0 saturated heterocycles. The number of carbonyl (C=O) groups is 1. The number of carbonyl (C=O) groups excluding carboxylic acids is 1. The fourth-order valence-electron chi connectivity index (χ4n) is 3.48. The van der Waals surface area contributed by atoms with Crippen LogP contribution in [-0.2, 0) is 11.3 Å². The second kappa shape index (κ2) is 5.48. The molecule has 21 heavy (non-hydrogen) atoms. The average molecular weight is 290 g/mol. The number of furan rings is 1. The van der Waals surface area contributed by atoms with E-state index >= 15 is 0 Å². The average Bonchev–Trinajstić information content (AvgIpc) is 3.01. The first-order chi connectivity index (χ1) is 9.99. The molecule has 4 nitrogen and oxygen atoms in total. The summed E-state index contributed by atoms with van der Waals surface area (Å²) in [4.78, 5) is 14.3. The third-order valence-electron chi connectivity index (χ3n) is 5.07. The number of amides is 1. The first kappa shape index (κ1) is 14.6. The molecule has 1 aromatic rings. The molecule has 1 heterocycles. The Balaban J connectivity index is 1.61. The molecule has 0 spiro atoms. The summed E-state index contributed by atoms with van der Waals surface area (Å²) in [7, 11) is 1.83. The topological polar surface area (TPSA) is 59.5 Å². The standard InChI is InChI=1S/C17H26N2O2/c1-12-10-14(12)15-7-6-13(21-15)11-19(2)16(20)17(18)8-4-3-5-9-17/h6-7,12,14H,3-5,8-11,18H2,1-2H3. The van der Waals surface area contributed by atoms with Gasteiger partial charge in [-0.1, -0.05) is 26.2 Å². The lowest BCUT2D eigenvalue weighted by atomic mass is 9.81. The van der Waals surface area contributed by atoms with Gasteiger partial charge in [0.2, 0.25) is 5.91 Å². The number of nitrogens with zero attached hydrogens (tertiary/aromatic N) is 1. The van der Waals surface area contributed by atoms with E-state index in [1.54, 1.807) is 4.90 Å². The second-order valence-electron chi connectivity index (χ2n) is 7.00. The van der Waals surface area contributed by atoms with Crippen molar-refractivity contribution < 1.29 is 9.21 Å². The fourth-order valence-corrected chi connectivity index (χ4v) is 3.48. The zero-order chi connectivity index (χ0) is 15.0. The van der Waals surface area contributed by atoms with Gasteiger partial charge < -0.3 is 15.1 Å². The number of nitrogens with two attached hydrogens (primary N) is 1. The maximum Gasteiger partial charge on any atom is 0.242 e. The molecule has 2 aliphatic rings. The minimum absolute atomic E-state index is 0.0555. The zero-order valence-corrected chi connectivity index (χ0v) is 13.1. The van der Waals surface area contributed by atoms with Crippen LogP contribution in [0.25, 0.3) is 0 Å². The van der Waals surface area contributed by atoms with Crippen LogP contribution >= 0.6 is 0 Å². The molecular formula is C17H26N2O2. The summed E-state index contributed by atoms with van der Waals surface area (Å²) < 4.78 is 5.88. The Bertz CT molecular complexity index is 517. The molecule has 4 heteroatoms. The summed E-state index contributed by atoms with van der Waals surface area (Å²) in [5, 5.41) is 0. The van der Waals surface area contributed by atoms with Crippen molar-refractivity contribution in [3.8, 4) is 0 Å². The van der Waals surface area contributed by atoms with Gasteiger partial charge in [0.05, 0.1) is 12.1 Å². The summed E-state index contributed by atoms with van der Waals surface area (Å²) >= 11 is 0. The van der Waals surface area contributed by atoms with Crippen molar-refractivity contribution in [3.63, 3.8) is 0 Å². The predicted molar refractivity (Wildman–Crippen MR) is 81.7 cm³/mol. The first-order valence-corrected chi connectivity index (χ1v) is 8.13. The van der Waals surface area contributed by atoms with Gasteiger partial charge in [0, 0.05) is 13.0 Å². The van der Waals surface area contributed by atoms with Crippen LogP contribution in [0, 0.1) is 5.92 Å². The van der Waals surface area contributed by atoms with E-state index in [0.717, 1.165) is 43.1 Å². The van der Waals surface area contributed by atoms with Crippen molar-refractivity contribution in [2.24, 2.45) is 11.7 Å². The lowest BCUT2D eigenvalue weighted by Gasteiger charge is -2.35. The van der Waals surface area contributed by atoms with E-state index in [2.05, 4.69) is 13.0 Å². The van der Waals surface area contributed by atoms with Crippen LogP contribution in [0.4, 0.5) is 0 Å². The third-order valence-corrected chi connectivity index (χ3v) is 5.07. The number of hydrogen-bond donors (Lipinski definition) is 1. The molecule has 0 radical (unpaired) electrons. The van der Waals surface area contributed by atoms with Crippen molar-refractivity contribution >= 4 is 5.91 Å². The largest absolute Gasteiger partial charge is 0.464 e. The van der Waals surface area contributed by atoms with Gasteiger partial charge in [-0.05, 0) is 37.3 Å². The van der Waals surface area contributed by atoms with Crippen LogP contribution in [0.1, 0.15) is 62.9 Å². The van der Waals surface area contributed by atoms with E-state index in [4.69, 9.17) is 10.2 Å². The lowest BCUT2D eigenvalue weighted by Crippen LogP contribution is -2.55. The molecule has 0 aromatic carbocycles. The van der Waals surface area contributed by atoms with E-state index in [-0.39, 0.29) is 5.91 Å². The van der Waals surface area contributed by atoms with E-state index < -0.39 is 5.54 Å². The van der Waals surface area contributed by atoms with Gasteiger partial charge in [0.15, 0.2) is 0 Å². The molecule has 2 aliphatic carbocycles. The Hall–Kier alpha value is -1.29. The molecule has 2 N–H and O–H groups in total. The SMILES string of the molecule is CC1CC1c1ccc(CN(C)C(=O)C2(N)CCCCC2)o1. The van der Waals surface area contributed by atoms with Gasteiger partial charge in [0.25, 0.3) is 0 Å². The number of hydrogen-bond acceptors (Lipinski definition) is 3. The van der Waals surface area contributed by atoms with E-state index in [9.17, 15) is 4.79 Å². The van der Waals surface area contributed by atoms with Gasteiger partial charge in [-0.2, -0.15) is 0 Å². The molecule has 0 bridgehead atoms. The Kier molecular flexibility index (Phi) is 3.82. The van der Waals surface area contributed by atoms with E-state index in [1.807, 2.05) is 13.1 Å². The fraction of sp³-hybridized carbons (Fsp3) is 0.706. The normalized spacial score (nSPS) is 27.4. The molecule has 0 aliphatic heterocycles. The van der Waals surface area contributed by atoms with Crippen LogP contribution < -0.4 is 5.73 Å². The smallest absolute Gasteiger partial charge is 0.242 e. The van der Waals surface area contributed by atoms with Crippen LogP contribution in [0.5, 0.6) is 0 Å². The van der Waals surface area contributed by atoms with Crippen LogP contribution in [-0.4, -0.2) is 23.4 Å². The molecule has 2 saturated carbocycles. The van der Waals surface area contributed by atoms with Crippen LogP contribution in [0.15, 0.2) is 16.5 Å². The molecule has 1 amide bonds. The van der Waals surface area contributed by atoms with Gasteiger partial charge in [-0.15, -0.1) is 0 Å². The molecule has 2 unspecified atom stereocenters. The summed E-state index contributed by atoms with van der Waals surface area (Å²) in [6.45, 7) is 2.75. The monoisotopic (exact) mass is 290 g/mol. The van der Waals surface area contributed by atoms with Crippen molar-refractivity contribution in [1.82, 2.24) is 4.90 Å². The van der Waals surface area contributed by atoms with Crippen molar-refractivity contribution in [2.75, 3.05) is 7.05 Å². The molecule has 2 fully saturated rings. The van der Waals surface area contributed by atoms with Crippen LogP contribution in [0.2, 0.25) is 0 Å². The molecular weight excluding hydrogens is 264 g/mol. The third kappa shape index (κ3) is 3.00. The van der Waals surface area contributed by atoms with Gasteiger partial charge in [0.1, 0.15) is 11.5 Å². The molecule has 2 atom stereocenters. The molecule has 1 aromatic heterocycles. The highest BCUT2D eigenvalue weighted by molar-refractivity contribution is 5.86. The highest BCUT2D eigenvalue weighted by Crippen LogP contribution is 2.47. The summed E-state index contributed by atoms with van der Waals surface area (Å²) in [6, 6.07) is 4.05. The Morgan fingerprint density at radius 2 is 2.05 bits per heavy atom. The zero-order valence-electron chi connectivity index (χ0n) is 13.1. The van der Waals surface area contributed by atoms with Gasteiger partial charge in [-0.25, -0.2) is 0 Å². The maximum absolute atomic E-state index is 12.6. The molecule has 3 rings (SSSR count). The highest BCUT2D eigenvalue weighted by Gasteiger charge is 2.38. The summed E-state index contributed by atoms with van der Waals surface area (Å²) in [5.41, 5.74) is 5.66. The maximum atomic E-state index is 12.6. The van der Waals surface area contributed by atoms with Gasteiger partial charge in [-0.3, -0.25) is 4.79 Å². The van der Waals surface area contributed by atoms with Gasteiger partial charge >= 0.3 is 0 Å². The van der Waals surface area contributed by atoms with Crippen molar-refractivity contribution in [2.45, 2.75) is 63.5 Å². The van der Waals surface area contributed by atoms with Crippen molar-refractivity contribution in [3.05, 3.63) is 23.7 Å². The Morgan fingerprint density at radius 3 is 2.67 bits per heavy atom. The molecule has 116 valence electrons. The van der Waals surface area contributed by atoms with Crippen LogP contribution in [0.3, 0.4) is 0 Å². The number of likely N-dealkylation sites (N-methyl/N-ethyl adjacent to an activating group) is 1. The predicted octanol–water partition coefficient (Wildman–Crippen LogP) is 3.02. The minimum Gasteiger partial charge on any atom is -0.464 e. The minimum atomic E-state index is -0.659. The van der Waals surface area contributed by atoms with Crippen molar-refractivity contribution in [1.29, 1.82) is 0 Å². The summed E-state index contributed by atoms with van der Waals surface area (Å²) in [6.07, 6.45) is 6.13. The lowest BCUT2D eigenvalue weighted by molar-refractivity contribution is -0.137. The van der Waals surface area contributed by atoms with E-state index in [0.29, 0.717) is 12.5 Å². The highest BCUT2D eigenvalue weighted by atomic mass is 16.3. The Labute approximate surface area is 126 Å². The quantitative estimate of drug-likeness (QED) is 0.927. The first-order valence-electron chi connectivity index (χ1n) is 8.13. The second-order valence-corrected chi connectivity index (χ2v) is 7.00. The Morgan fingerprint density at radius 1 is 1.38 bits per heavy atom. The number of rotatable bonds is 4. The van der Waals surface area contributed by atoms with E-state index in [1.165, 1.54) is 12.8 Å².